The van der Waals surface area contributed by atoms with Crippen molar-refractivity contribution in [2.45, 2.75) is 13.5 Å². The van der Waals surface area contributed by atoms with Crippen molar-refractivity contribution in [2.75, 3.05) is 0 Å². The molecule has 6 heteroatoms. The SMILES string of the molecule is Cc1onc(-c2ccccc2)c1C(=O)NCc1ccc(Br)cc1F. The van der Waals surface area contributed by atoms with Crippen LogP contribution in [0.25, 0.3) is 11.3 Å². The van der Waals surface area contributed by atoms with Gasteiger partial charge in [0.1, 0.15) is 22.8 Å². The number of nitrogens with zero attached hydrogens (tertiary/aromatic N) is 1. The van der Waals surface area contributed by atoms with Crippen molar-refractivity contribution in [2.24, 2.45) is 0 Å². The summed E-state index contributed by atoms with van der Waals surface area (Å²) in [5, 5.41) is 6.69. The second-order valence-electron chi connectivity index (χ2n) is 5.25. The highest BCUT2D eigenvalue weighted by molar-refractivity contribution is 9.10. The number of aromatic nitrogens is 1. The van der Waals surface area contributed by atoms with Gasteiger partial charge in [0.25, 0.3) is 5.91 Å². The molecule has 3 rings (SSSR count). The van der Waals surface area contributed by atoms with Crippen LogP contribution in [0.3, 0.4) is 0 Å². The van der Waals surface area contributed by atoms with E-state index in [2.05, 4.69) is 26.4 Å². The van der Waals surface area contributed by atoms with Crippen LogP contribution >= 0.6 is 15.9 Å². The Kier molecular flexibility index (Phi) is 4.76. The van der Waals surface area contributed by atoms with Gasteiger partial charge in [-0.25, -0.2) is 4.39 Å². The van der Waals surface area contributed by atoms with Crippen molar-refractivity contribution in [3.05, 3.63) is 75.7 Å². The summed E-state index contributed by atoms with van der Waals surface area (Å²) in [5.74, 6) is -0.312. The molecule has 0 saturated carbocycles. The van der Waals surface area contributed by atoms with Gasteiger partial charge in [0, 0.05) is 22.1 Å². The van der Waals surface area contributed by atoms with Gasteiger partial charge in [0.05, 0.1) is 0 Å². The summed E-state index contributed by atoms with van der Waals surface area (Å²) in [7, 11) is 0. The number of hydrogen-bond donors (Lipinski definition) is 1. The summed E-state index contributed by atoms with van der Waals surface area (Å²) in [4.78, 5) is 12.5. The van der Waals surface area contributed by atoms with E-state index in [0.717, 1.165) is 5.56 Å². The summed E-state index contributed by atoms with van der Waals surface area (Å²) >= 11 is 3.20. The fraction of sp³-hybridized carbons (Fsp3) is 0.111. The predicted molar refractivity (Wildman–Crippen MR) is 91.9 cm³/mol. The zero-order valence-corrected chi connectivity index (χ0v) is 14.4. The van der Waals surface area contributed by atoms with Crippen LogP contribution in [0, 0.1) is 12.7 Å². The average Bonchev–Trinajstić information content (AvgIpc) is 2.96. The van der Waals surface area contributed by atoms with Gasteiger partial charge < -0.3 is 9.84 Å². The summed E-state index contributed by atoms with van der Waals surface area (Å²) < 4.78 is 19.7. The number of nitrogens with one attached hydrogen (secondary N) is 1. The maximum Gasteiger partial charge on any atom is 0.257 e. The van der Waals surface area contributed by atoms with Crippen LogP contribution in [-0.4, -0.2) is 11.1 Å². The minimum Gasteiger partial charge on any atom is -0.360 e. The van der Waals surface area contributed by atoms with E-state index in [-0.39, 0.29) is 18.3 Å². The topological polar surface area (TPSA) is 55.1 Å². The number of benzene rings is 2. The van der Waals surface area contributed by atoms with Gasteiger partial charge in [-0.05, 0) is 19.1 Å². The third-order valence-electron chi connectivity index (χ3n) is 3.59. The molecule has 0 fully saturated rings. The number of hydrogen-bond acceptors (Lipinski definition) is 3. The maximum absolute atomic E-state index is 13.9. The number of halogens is 2. The summed E-state index contributed by atoms with van der Waals surface area (Å²) in [6, 6.07) is 14.0. The summed E-state index contributed by atoms with van der Waals surface area (Å²) in [5.41, 5.74) is 2.02. The zero-order valence-electron chi connectivity index (χ0n) is 12.8. The van der Waals surface area contributed by atoms with Crippen LogP contribution in [0.5, 0.6) is 0 Å². The molecule has 0 aliphatic heterocycles. The van der Waals surface area contributed by atoms with Crippen molar-refractivity contribution in [1.29, 1.82) is 0 Å². The highest BCUT2D eigenvalue weighted by Crippen LogP contribution is 2.25. The van der Waals surface area contributed by atoms with Crippen LogP contribution in [0.4, 0.5) is 4.39 Å². The molecule has 1 heterocycles. The van der Waals surface area contributed by atoms with Crippen LogP contribution in [0.2, 0.25) is 0 Å². The molecule has 1 N–H and O–H groups in total. The van der Waals surface area contributed by atoms with E-state index < -0.39 is 0 Å². The van der Waals surface area contributed by atoms with Crippen molar-refractivity contribution < 1.29 is 13.7 Å². The Morgan fingerprint density at radius 2 is 2.00 bits per heavy atom. The van der Waals surface area contributed by atoms with Gasteiger partial charge in [-0.3, -0.25) is 4.79 Å². The van der Waals surface area contributed by atoms with Gasteiger partial charge in [0.15, 0.2) is 0 Å². The first-order chi connectivity index (χ1) is 11.6. The molecule has 24 heavy (non-hydrogen) atoms. The average molecular weight is 389 g/mol. The van der Waals surface area contributed by atoms with E-state index in [9.17, 15) is 9.18 Å². The molecular formula is C18H14BrFN2O2. The molecule has 122 valence electrons. The third kappa shape index (κ3) is 3.38. The maximum atomic E-state index is 13.9. The Labute approximate surface area is 146 Å². The largest absolute Gasteiger partial charge is 0.360 e. The van der Waals surface area contributed by atoms with E-state index in [1.165, 1.54) is 6.07 Å². The highest BCUT2D eigenvalue weighted by atomic mass is 79.9. The Hall–Kier alpha value is -2.47. The van der Waals surface area contributed by atoms with Crippen molar-refractivity contribution >= 4 is 21.8 Å². The Bertz CT molecular complexity index is 878. The lowest BCUT2D eigenvalue weighted by atomic mass is 10.1. The first kappa shape index (κ1) is 16.4. The van der Waals surface area contributed by atoms with Crippen LogP contribution in [0.15, 0.2) is 57.5 Å². The fourth-order valence-electron chi connectivity index (χ4n) is 2.36. The lowest BCUT2D eigenvalue weighted by Gasteiger charge is -2.07. The first-order valence-electron chi connectivity index (χ1n) is 7.30. The Balaban J connectivity index is 1.82. The normalized spacial score (nSPS) is 10.6. The molecule has 0 saturated heterocycles. The second-order valence-corrected chi connectivity index (χ2v) is 6.16. The fourth-order valence-corrected chi connectivity index (χ4v) is 2.69. The molecule has 0 spiro atoms. The second kappa shape index (κ2) is 6.97. The van der Waals surface area contributed by atoms with Gasteiger partial charge in [-0.2, -0.15) is 0 Å². The van der Waals surface area contributed by atoms with Gasteiger partial charge >= 0.3 is 0 Å². The first-order valence-corrected chi connectivity index (χ1v) is 8.09. The molecule has 0 atom stereocenters. The van der Waals surface area contributed by atoms with E-state index in [0.29, 0.717) is 27.1 Å². The van der Waals surface area contributed by atoms with Crippen molar-refractivity contribution in [1.82, 2.24) is 10.5 Å². The molecule has 0 radical (unpaired) electrons. The molecule has 2 aromatic carbocycles. The van der Waals surface area contributed by atoms with E-state index in [4.69, 9.17) is 4.52 Å². The molecule has 0 bridgehead atoms. The number of rotatable bonds is 4. The molecule has 1 amide bonds. The van der Waals surface area contributed by atoms with Gasteiger partial charge in [0.2, 0.25) is 0 Å². The van der Waals surface area contributed by atoms with Gasteiger partial charge in [-0.1, -0.05) is 57.5 Å². The molecule has 4 nitrogen and oxygen atoms in total. The van der Waals surface area contributed by atoms with E-state index in [1.807, 2.05) is 30.3 Å². The van der Waals surface area contributed by atoms with Crippen LogP contribution in [-0.2, 0) is 6.54 Å². The van der Waals surface area contributed by atoms with E-state index in [1.54, 1.807) is 19.1 Å². The van der Waals surface area contributed by atoms with Crippen LogP contribution < -0.4 is 5.32 Å². The standard InChI is InChI=1S/C18H14BrFN2O2/c1-11-16(17(22-24-11)12-5-3-2-4-6-12)18(23)21-10-13-7-8-14(19)9-15(13)20/h2-9H,10H2,1H3,(H,21,23). The quantitative estimate of drug-likeness (QED) is 0.716. The third-order valence-corrected chi connectivity index (χ3v) is 4.08. The van der Waals surface area contributed by atoms with Crippen molar-refractivity contribution in [3.63, 3.8) is 0 Å². The minimum absolute atomic E-state index is 0.0802. The molecule has 0 unspecified atom stereocenters. The molecular weight excluding hydrogens is 375 g/mol. The smallest absolute Gasteiger partial charge is 0.257 e. The number of amides is 1. The number of carbonyl (C=O) groups excluding carboxylic acids is 1. The monoisotopic (exact) mass is 388 g/mol. The number of carbonyl (C=O) groups is 1. The lowest BCUT2D eigenvalue weighted by Crippen LogP contribution is -2.24. The summed E-state index contributed by atoms with van der Waals surface area (Å²) in [6.45, 7) is 1.76. The lowest BCUT2D eigenvalue weighted by molar-refractivity contribution is 0.0949. The molecule has 0 aliphatic rings. The predicted octanol–water partition coefficient (Wildman–Crippen LogP) is 4.48. The molecule has 1 aromatic heterocycles. The van der Waals surface area contributed by atoms with Gasteiger partial charge in [-0.15, -0.1) is 0 Å². The zero-order chi connectivity index (χ0) is 17.1. The Morgan fingerprint density at radius 1 is 1.25 bits per heavy atom. The molecule has 0 aliphatic carbocycles. The van der Waals surface area contributed by atoms with E-state index >= 15 is 0 Å². The highest BCUT2D eigenvalue weighted by Gasteiger charge is 2.21. The van der Waals surface area contributed by atoms with Crippen molar-refractivity contribution in [3.8, 4) is 11.3 Å². The Morgan fingerprint density at radius 3 is 2.71 bits per heavy atom. The summed E-state index contributed by atoms with van der Waals surface area (Å²) in [6.07, 6.45) is 0. The van der Waals surface area contributed by atoms with Crippen LogP contribution in [0.1, 0.15) is 21.7 Å². The molecule has 3 aromatic rings. The number of aryl methyl sites for hydroxylation is 1. The minimum atomic E-state index is -0.380.